The van der Waals surface area contributed by atoms with Gasteiger partial charge in [-0.3, -0.25) is 9.20 Å². The Bertz CT molecular complexity index is 1210. The third kappa shape index (κ3) is 3.09. The molecule has 29 heavy (non-hydrogen) atoms. The lowest BCUT2D eigenvalue weighted by molar-refractivity contribution is -0.131. The van der Waals surface area contributed by atoms with Gasteiger partial charge in [-0.2, -0.15) is 0 Å². The molecule has 5 rings (SSSR count). The third-order valence-corrected chi connectivity index (χ3v) is 6.16. The highest BCUT2D eigenvalue weighted by atomic mass is 16.3. The van der Waals surface area contributed by atoms with Crippen LogP contribution in [0.1, 0.15) is 41.3 Å². The van der Waals surface area contributed by atoms with E-state index in [1.54, 1.807) is 6.26 Å². The van der Waals surface area contributed by atoms with Gasteiger partial charge in [-0.25, -0.2) is 0 Å². The molecule has 1 atom stereocenters. The van der Waals surface area contributed by atoms with Crippen molar-refractivity contribution in [3.63, 3.8) is 0 Å². The highest BCUT2D eigenvalue weighted by Gasteiger charge is 2.28. The molecule has 3 aromatic heterocycles. The summed E-state index contributed by atoms with van der Waals surface area (Å²) in [6, 6.07) is 10.1. The first kappa shape index (κ1) is 17.9. The second kappa shape index (κ2) is 7.03. The lowest BCUT2D eigenvalue weighted by Gasteiger charge is -2.32. The largest absolute Gasteiger partial charge is 0.464 e. The molecule has 4 aromatic rings. The number of aryl methyl sites for hydroxylation is 2. The molecule has 0 spiro atoms. The Kier molecular flexibility index (Phi) is 4.34. The van der Waals surface area contributed by atoms with Crippen molar-refractivity contribution >= 4 is 22.5 Å². The van der Waals surface area contributed by atoms with Crippen molar-refractivity contribution in [3.05, 3.63) is 65.3 Å². The van der Waals surface area contributed by atoms with Crippen LogP contribution in [-0.2, 0) is 11.2 Å². The topological polar surface area (TPSA) is 63.6 Å². The summed E-state index contributed by atoms with van der Waals surface area (Å²) in [6.45, 7) is 5.61. The number of rotatable bonds is 3. The third-order valence-electron chi connectivity index (χ3n) is 6.16. The Morgan fingerprint density at radius 3 is 3.00 bits per heavy atom. The van der Waals surface area contributed by atoms with Gasteiger partial charge >= 0.3 is 0 Å². The number of piperidine rings is 1. The summed E-state index contributed by atoms with van der Waals surface area (Å²) in [5.74, 6) is 1.29. The number of aromatic nitrogens is 3. The average molecular weight is 388 g/mol. The maximum absolute atomic E-state index is 13.1. The molecule has 6 heteroatoms. The molecule has 148 valence electrons. The molecule has 1 amide bonds. The molecule has 6 nitrogen and oxygen atoms in total. The molecule has 1 aliphatic rings. The number of carbonyl (C=O) groups is 1. The fourth-order valence-electron chi connectivity index (χ4n) is 4.35. The van der Waals surface area contributed by atoms with E-state index in [9.17, 15) is 4.79 Å². The van der Waals surface area contributed by atoms with Gasteiger partial charge in [-0.15, -0.1) is 10.2 Å². The first-order valence-corrected chi connectivity index (χ1v) is 10.2. The predicted molar refractivity (Wildman–Crippen MR) is 111 cm³/mol. The second-order valence-electron chi connectivity index (χ2n) is 7.99. The van der Waals surface area contributed by atoms with Gasteiger partial charge in [0, 0.05) is 36.2 Å². The maximum atomic E-state index is 13.1. The van der Waals surface area contributed by atoms with Crippen LogP contribution >= 0.6 is 0 Å². The number of likely N-dealkylation sites (tertiary alicyclic amines) is 1. The van der Waals surface area contributed by atoms with Gasteiger partial charge in [-0.1, -0.05) is 18.2 Å². The zero-order valence-electron chi connectivity index (χ0n) is 16.8. The van der Waals surface area contributed by atoms with E-state index < -0.39 is 0 Å². The molecule has 1 aromatic carbocycles. The van der Waals surface area contributed by atoms with Gasteiger partial charge in [0.1, 0.15) is 11.4 Å². The van der Waals surface area contributed by atoms with Gasteiger partial charge in [0.15, 0.2) is 5.65 Å². The van der Waals surface area contributed by atoms with Crippen LogP contribution in [0.4, 0.5) is 0 Å². The van der Waals surface area contributed by atoms with Gasteiger partial charge in [0.2, 0.25) is 5.91 Å². The monoisotopic (exact) mass is 388 g/mol. The van der Waals surface area contributed by atoms with Crippen LogP contribution in [-0.4, -0.2) is 38.5 Å². The molecule has 1 aliphatic heterocycles. The van der Waals surface area contributed by atoms with E-state index >= 15 is 0 Å². The van der Waals surface area contributed by atoms with Crippen LogP contribution in [0.2, 0.25) is 0 Å². The summed E-state index contributed by atoms with van der Waals surface area (Å²) in [7, 11) is 0. The van der Waals surface area contributed by atoms with Gasteiger partial charge in [-0.05, 0) is 49.9 Å². The standard InChI is InChI=1S/C23H24N4O2/c1-15-8-9-19-18(14-29-22(19)16(15)2)12-21(28)26-10-5-6-17(13-26)23-25-24-20-7-3-4-11-27(20)23/h3-4,7-9,11,14,17H,5-6,10,12-13H2,1-2H3. The molecular formula is C23H24N4O2. The summed E-state index contributed by atoms with van der Waals surface area (Å²) < 4.78 is 7.82. The molecule has 1 fully saturated rings. The molecular weight excluding hydrogens is 364 g/mol. The summed E-state index contributed by atoms with van der Waals surface area (Å²) in [4.78, 5) is 15.1. The first-order chi connectivity index (χ1) is 14.1. The van der Waals surface area contributed by atoms with Crippen molar-refractivity contribution < 1.29 is 9.21 Å². The van der Waals surface area contributed by atoms with Crippen molar-refractivity contribution in [3.8, 4) is 0 Å². The molecule has 0 radical (unpaired) electrons. The Morgan fingerprint density at radius 1 is 1.21 bits per heavy atom. The molecule has 4 heterocycles. The average Bonchev–Trinajstić information content (AvgIpc) is 3.35. The van der Waals surface area contributed by atoms with Crippen molar-refractivity contribution in [1.82, 2.24) is 19.5 Å². The van der Waals surface area contributed by atoms with Crippen LogP contribution in [0.15, 0.2) is 47.2 Å². The number of amides is 1. The van der Waals surface area contributed by atoms with Crippen molar-refractivity contribution in [2.75, 3.05) is 13.1 Å². The number of hydrogen-bond acceptors (Lipinski definition) is 4. The molecule has 1 saturated heterocycles. The van der Waals surface area contributed by atoms with E-state index in [-0.39, 0.29) is 11.8 Å². The van der Waals surface area contributed by atoms with Crippen molar-refractivity contribution in [1.29, 1.82) is 0 Å². The fraction of sp³-hybridized carbons (Fsp3) is 0.348. The molecule has 0 N–H and O–H groups in total. The number of nitrogens with zero attached hydrogens (tertiary/aromatic N) is 4. The van der Waals surface area contributed by atoms with Gasteiger partial charge < -0.3 is 9.32 Å². The zero-order valence-corrected chi connectivity index (χ0v) is 16.8. The highest BCUT2D eigenvalue weighted by molar-refractivity contribution is 5.89. The minimum absolute atomic E-state index is 0.143. The van der Waals surface area contributed by atoms with E-state index in [1.807, 2.05) is 33.7 Å². The molecule has 0 aliphatic carbocycles. The summed E-state index contributed by atoms with van der Waals surface area (Å²) in [5.41, 5.74) is 5.03. The van der Waals surface area contributed by atoms with Crippen LogP contribution < -0.4 is 0 Å². The number of carbonyl (C=O) groups excluding carboxylic acids is 1. The lowest BCUT2D eigenvalue weighted by atomic mass is 9.96. The van der Waals surface area contributed by atoms with Gasteiger partial charge in [0.05, 0.1) is 12.7 Å². The van der Waals surface area contributed by atoms with Crippen LogP contribution in [0.5, 0.6) is 0 Å². The first-order valence-electron chi connectivity index (χ1n) is 10.2. The van der Waals surface area contributed by atoms with Crippen LogP contribution in [0.3, 0.4) is 0 Å². The minimum Gasteiger partial charge on any atom is -0.464 e. The van der Waals surface area contributed by atoms with Crippen molar-refractivity contribution in [2.24, 2.45) is 0 Å². The Morgan fingerprint density at radius 2 is 2.10 bits per heavy atom. The molecule has 0 bridgehead atoms. The Labute approximate surface area is 169 Å². The fourth-order valence-corrected chi connectivity index (χ4v) is 4.35. The highest BCUT2D eigenvalue weighted by Crippen LogP contribution is 2.29. The van der Waals surface area contributed by atoms with Gasteiger partial charge in [0.25, 0.3) is 0 Å². The van der Waals surface area contributed by atoms with E-state index in [2.05, 4.69) is 36.2 Å². The second-order valence-corrected chi connectivity index (χ2v) is 7.99. The Balaban J connectivity index is 1.36. The lowest BCUT2D eigenvalue weighted by Crippen LogP contribution is -2.40. The number of hydrogen-bond donors (Lipinski definition) is 0. The summed E-state index contributed by atoms with van der Waals surface area (Å²) >= 11 is 0. The summed E-state index contributed by atoms with van der Waals surface area (Å²) in [5, 5.41) is 9.72. The van der Waals surface area contributed by atoms with E-state index in [4.69, 9.17) is 4.42 Å². The smallest absolute Gasteiger partial charge is 0.227 e. The quantitative estimate of drug-likeness (QED) is 0.531. The normalized spacial score (nSPS) is 17.3. The molecule has 1 unspecified atom stereocenters. The number of pyridine rings is 1. The predicted octanol–water partition coefficient (Wildman–Crippen LogP) is 4.04. The number of furan rings is 1. The molecule has 0 saturated carbocycles. The van der Waals surface area contributed by atoms with Crippen molar-refractivity contribution in [2.45, 2.75) is 39.0 Å². The summed E-state index contributed by atoms with van der Waals surface area (Å²) in [6.07, 6.45) is 6.09. The van der Waals surface area contributed by atoms with E-state index in [0.29, 0.717) is 13.0 Å². The van der Waals surface area contributed by atoms with E-state index in [1.165, 1.54) is 5.56 Å². The SMILES string of the molecule is Cc1ccc2c(CC(=O)N3CCCC(c4nnc5ccccn45)C3)coc2c1C. The number of fused-ring (bicyclic) bond motifs is 2. The van der Waals surface area contributed by atoms with Crippen LogP contribution in [0.25, 0.3) is 16.6 Å². The Hall–Kier alpha value is -3.15. The number of benzene rings is 1. The minimum atomic E-state index is 0.143. The maximum Gasteiger partial charge on any atom is 0.227 e. The zero-order chi connectivity index (χ0) is 20.0. The van der Waals surface area contributed by atoms with Crippen LogP contribution in [0, 0.1) is 13.8 Å². The van der Waals surface area contributed by atoms with E-state index in [0.717, 1.165) is 53.0 Å².